The van der Waals surface area contributed by atoms with Crippen molar-refractivity contribution >= 4 is 17.4 Å². The van der Waals surface area contributed by atoms with Crippen molar-refractivity contribution in [3.05, 3.63) is 23.8 Å². The number of hydrogen-bond acceptors (Lipinski definition) is 2. The number of rotatable bonds is 2. The molecule has 1 heterocycles. The van der Waals surface area contributed by atoms with Crippen LogP contribution in [0.1, 0.15) is 44.1 Å². The Labute approximate surface area is 126 Å². The number of aryl methyl sites for hydroxylation is 1. The molecule has 2 aliphatic rings. The van der Waals surface area contributed by atoms with Gasteiger partial charge in [0.05, 0.1) is 0 Å². The zero-order valence-corrected chi connectivity index (χ0v) is 12.8. The second kappa shape index (κ2) is 6.37. The zero-order valence-electron chi connectivity index (χ0n) is 12.8. The van der Waals surface area contributed by atoms with Gasteiger partial charge in [-0.1, -0.05) is 19.3 Å². The van der Waals surface area contributed by atoms with Gasteiger partial charge in [0.2, 0.25) is 0 Å². The van der Waals surface area contributed by atoms with Gasteiger partial charge in [0.1, 0.15) is 0 Å². The van der Waals surface area contributed by atoms with Crippen LogP contribution in [0.2, 0.25) is 0 Å². The van der Waals surface area contributed by atoms with Crippen LogP contribution in [0.15, 0.2) is 18.2 Å². The molecule has 0 radical (unpaired) electrons. The summed E-state index contributed by atoms with van der Waals surface area (Å²) >= 11 is 0. The lowest BCUT2D eigenvalue weighted by atomic mass is 9.96. The number of benzene rings is 1. The molecule has 1 aliphatic heterocycles. The van der Waals surface area contributed by atoms with Crippen LogP contribution in [-0.2, 0) is 6.42 Å². The number of carbonyl (C=O) groups is 1. The Kier molecular flexibility index (Phi) is 4.32. The molecule has 4 nitrogen and oxygen atoms in total. The fourth-order valence-electron chi connectivity index (χ4n) is 3.46. The van der Waals surface area contributed by atoms with E-state index >= 15 is 0 Å². The van der Waals surface area contributed by atoms with Crippen molar-refractivity contribution in [1.29, 1.82) is 0 Å². The quantitative estimate of drug-likeness (QED) is 0.874. The fourth-order valence-corrected chi connectivity index (χ4v) is 3.46. The van der Waals surface area contributed by atoms with E-state index in [-0.39, 0.29) is 6.03 Å². The van der Waals surface area contributed by atoms with Gasteiger partial charge in [0, 0.05) is 31.0 Å². The minimum Gasteiger partial charge on any atom is -0.374 e. The van der Waals surface area contributed by atoms with Gasteiger partial charge in [0.25, 0.3) is 0 Å². The highest BCUT2D eigenvalue weighted by Crippen LogP contribution is 2.28. The molecule has 0 atom stereocenters. The number of hydrogen-bond donors (Lipinski definition) is 2. The summed E-state index contributed by atoms with van der Waals surface area (Å²) in [6, 6.07) is 6.52. The molecule has 4 heteroatoms. The summed E-state index contributed by atoms with van der Waals surface area (Å²) in [5.74, 6) is 0. The van der Waals surface area contributed by atoms with Gasteiger partial charge >= 0.3 is 6.03 Å². The molecular formula is C17H25N3O. The Morgan fingerprint density at radius 2 is 2.00 bits per heavy atom. The minimum atomic E-state index is -0.0639. The van der Waals surface area contributed by atoms with Gasteiger partial charge in [-0.05, 0) is 49.4 Å². The van der Waals surface area contributed by atoms with E-state index in [1.807, 2.05) is 6.07 Å². The molecule has 2 amide bonds. The summed E-state index contributed by atoms with van der Waals surface area (Å²) in [6.45, 7) is 1.11. The van der Waals surface area contributed by atoms with Crippen molar-refractivity contribution in [2.24, 2.45) is 0 Å². The van der Waals surface area contributed by atoms with Crippen molar-refractivity contribution in [1.82, 2.24) is 5.32 Å². The normalized spacial score (nSPS) is 19.0. The summed E-state index contributed by atoms with van der Waals surface area (Å²) in [7, 11) is 2.13. The summed E-state index contributed by atoms with van der Waals surface area (Å²) in [4.78, 5) is 14.4. The Balaban J connectivity index is 1.60. The molecule has 1 fully saturated rings. The second-order valence-electron chi connectivity index (χ2n) is 6.30. The predicted molar refractivity (Wildman–Crippen MR) is 87.1 cm³/mol. The molecule has 1 aliphatic carbocycles. The van der Waals surface area contributed by atoms with Gasteiger partial charge in [-0.15, -0.1) is 0 Å². The van der Waals surface area contributed by atoms with Crippen molar-refractivity contribution in [2.45, 2.75) is 51.0 Å². The Hall–Kier alpha value is -1.71. The molecule has 0 spiro atoms. The monoisotopic (exact) mass is 287 g/mol. The maximum atomic E-state index is 12.1. The summed E-state index contributed by atoms with van der Waals surface area (Å²) in [5.41, 5.74) is 3.52. The molecule has 0 aromatic heterocycles. The van der Waals surface area contributed by atoms with E-state index in [4.69, 9.17) is 0 Å². The van der Waals surface area contributed by atoms with Crippen LogP contribution in [0.5, 0.6) is 0 Å². The Morgan fingerprint density at radius 3 is 2.81 bits per heavy atom. The van der Waals surface area contributed by atoms with Crippen molar-refractivity contribution in [3.63, 3.8) is 0 Å². The van der Waals surface area contributed by atoms with Crippen molar-refractivity contribution < 1.29 is 4.79 Å². The van der Waals surface area contributed by atoms with E-state index in [0.29, 0.717) is 6.04 Å². The van der Waals surface area contributed by atoms with E-state index in [9.17, 15) is 4.79 Å². The Bertz CT molecular complexity index is 509. The van der Waals surface area contributed by atoms with Crippen LogP contribution < -0.4 is 15.5 Å². The molecule has 114 valence electrons. The molecule has 0 unspecified atom stereocenters. The summed E-state index contributed by atoms with van der Waals surface area (Å²) in [6.07, 6.45) is 8.27. The average molecular weight is 287 g/mol. The van der Waals surface area contributed by atoms with E-state index < -0.39 is 0 Å². The third-order valence-corrected chi connectivity index (χ3v) is 4.63. The number of nitrogens with zero attached hydrogens (tertiary/aromatic N) is 1. The summed E-state index contributed by atoms with van der Waals surface area (Å²) < 4.78 is 0. The highest BCUT2D eigenvalue weighted by Gasteiger charge is 2.17. The average Bonchev–Trinajstić information content (AvgIpc) is 2.48. The fraction of sp³-hybridized carbons (Fsp3) is 0.588. The van der Waals surface area contributed by atoms with Crippen LogP contribution in [0.25, 0.3) is 0 Å². The highest BCUT2D eigenvalue weighted by atomic mass is 16.2. The first kappa shape index (κ1) is 14.2. The van der Waals surface area contributed by atoms with E-state index in [1.165, 1.54) is 36.9 Å². The standard InChI is InChI=1S/C17H25N3O/c1-20-11-5-6-13-12-15(9-10-16(13)20)19-17(21)18-14-7-3-2-4-8-14/h9-10,12,14H,2-8,11H2,1H3,(H2,18,19,21). The van der Waals surface area contributed by atoms with Crippen LogP contribution in [-0.4, -0.2) is 25.7 Å². The van der Waals surface area contributed by atoms with Gasteiger partial charge < -0.3 is 15.5 Å². The first-order valence-corrected chi connectivity index (χ1v) is 8.14. The first-order chi connectivity index (χ1) is 10.2. The number of carbonyl (C=O) groups excluding carboxylic acids is 1. The molecule has 0 saturated heterocycles. The molecule has 21 heavy (non-hydrogen) atoms. The molecule has 1 aromatic carbocycles. The third-order valence-electron chi connectivity index (χ3n) is 4.63. The molecule has 3 rings (SSSR count). The lowest BCUT2D eigenvalue weighted by Crippen LogP contribution is -2.39. The van der Waals surface area contributed by atoms with Crippen LogP contribution >= 0.6 is 0 Å². The number of fused-ring (bicyclic) bond motifs is 1. The van der Waals surface area contributed by atoms with Crippen LogP contribution in [0, 0.1) is 0 Å². The van der Waals surface area contributed by atoms with Crippen molar-refractivity contribution in [3.8, 4) is 0 Å². The molecule has 1 aromatic rings. The SMILES string of the molecule is CN1CCCc2cc(NC(=O)NC3CCCCC3)ccc21. The maximum absolute atomic E-state index is 12.1. The topological polar surface area (TPSA) is 44.4 Å². The lowest BCUT2D eigenvalue weighted by molar-refractivity contribution is 0.244. The van der Waals surface area contributed by atoms with E-state index in [0.717, 1.165) is 31.5 Å². The van der Waals surface area contributed by atoms with Gasteiger partial charge in [-0.2, -0.15) is 0 Å². The number of anilines is 2. The van der Waals surface area contributed by atoms with Crippen LogP contribution in [0.3, 0.4) is 0 Å². The molecule has 2 N–H and O–H groups in total. The van der Waals surface area contributed by atoms with Gasteiger partial charge in [-0.25, -0.2) is 4.79 Å². The smallest absolute Gasteiger partial charge is 0.319 e. The summed E-state index contributed by atoms with van der Waals surface area (Å²) in [5, 5.41) is 6.08. The Morgan fingerprint density at radius 1 is 1.19 bits per heavy atom. The first-order valence-electron chi connectivity index (χ1n) is 8.14. The minimum absolute atomic E-state index is 0.0639. The van der Waals surface area contributed by atoms with Gasteiger partial charge in [0.15, 0.2) is 0 Å². The zero-order chi connectivity index (χ0) is 14.7. The van der Waals surface area contributed by atoms with Crippen LogP contribution in [0.4, 0.5) is 16.2 Å². The number of urea groups is 1. The van der Waals surface area contributed by atoms with E-state index in [2.05, 4.69) is 34.7 Å². The molecule has 1 saturated carbocycles. The number of amides is 2. The number of nitrogens with one attached hydrogen (secondary N) is 2. The van der Waals surface area contributed by atoms with E-state index in [1.54, 1.807) is 0 Å². The van der Waals surface area contributed by atoms with Crippen molar-refractivity contribution in [2.75, 3.05) is 23.8 Å². The largest absolute Gasteiger partial charge is 0.374 e. The van der Waals surface area contributed by atoms with Gasteiger partial charge in [-0.3, -0.25) is 0 Å². The maximum Gasteiger partial charge on any atom is 0.319 e. The molecular weight excluding hydrogens is 262 g/mol. The highest BCUT2D eigenvalue weighted by molar-refractivity contribution is 5.90. The molecule has 0 bridgehead atoms. The second-order valence-corrected chi connectivity index (χ2v) is 6.30. The predicted octanol–water partition coefficient (Wildman–Crippen LogP) is 3.52. The third kappa shape index (κ3) is 3.49. The lowest BCUT2D eigenvalue weighted by Gasteiger charge is -2.28.